The van der Waals surface area contributed by atoms with Gasteiger partial charge in [0.1, 0.15) is 5.75 Å². The van der Waals surface area contributed by atoms with Gasteiger partial charge in [0.05, 0.1) is 23.5 Å². The number of benzene rings is 5. The average molecular weight is 1280 g/mol. The number of aryl methyl sites for hydroxylation is 2. The third kappa shape index (κ3) is 9.34. The minimum absolute atomic E-state index is 0.0000479. The predicted molar refractivity (Wildman–Crippen MR) is 370 cm³/mol. The zero-order valence-corrected chi connectivity index (χ0v) is 54.7. The fourth-order valence-corrected chi connectivity index (χ4v) is 24.2. The summed E-state index contributed by atoms with van der Waals surface area (Å²) in [5.74, 6) is 2.32. The van der Waals surface area contributed by atoms with Crippen molar-refractivity contribution in [1.29, 1.82) is 0 Å². The summed E-state index contributed by atoms with van der Waals surface area (Å²) < 4.78 is 5.98. The minimum Gasteiger partial charge on any atom is -0.507 e. The summed E-state index contributed by atoms with van der Waals surface area (Å²) in [6.45, 7) is 3.57. The van der Waals surface area contributed by atoms with E-state index in [1.54, 1.807) is 23.8 Å². The van der Waals surface area contributed by atoms with Gasteiger partial charge in [0.25, 0.3) is 0 Å². The summed E-state index contributed by atoms with van der Waals surface area (Å²) >= 11 is 0. The molecule has 13 heteroatoms. The van der Waals surface area contributed by atoms with Crippen molar-refractivity contribution in [1.82, 2.24) is 30.9 Å². The normalized spacial score (nSPS) is 35.6. The first-order valence-electron chi connectivity index (χ1n) is 36.5. The lowest BCUT2D eigenvalue weighted by atomic mass is 9.30. The number of phenolic OH excluding ortho intramolecular Hbond substituents is 5. The van der Waals surface area contributed by atoms with Crippen molar-refractivity contribution in [2.24, 2.45) is 57.7 Å². The van der Waals surface area contributed by atoms with E-state index < -0.39 is 11.5 Å². The SMILES string of the molecule is Oc1ccc(/C=C/c2c(CCc3ccc([C@@H]4C[C@@]5(C[C@@H]6N[C@H](C5)[C@H](c5ccccc5)C=C6CNCCc5c[nH]c6c5CC[C@@H]5COCC[C@@H]5C6)[C@@H]5C[C@H]6CC[C@H]7CCc8[nH]cnc8[C@]8([C@@H]5N4)[C@H]4[C@@H](O)C=C[C@@H]5CCC[C@@]54CC[C@@]768)cc3)c(O)c(O)c3c(O)cccc23)cc1O. The Bertz CT molecular complexity index is 4190. The number of phenols is 5. The van der Waals surface area contributed by atoms with Crippen LogP contribution in [0.3, 0.4) is 0 Å². The molecule has 11 N–H and O–H groups in total. The van der Waals surface area contributed by atoms with E-state index in [1.165, 1.54) is 128 Å². The third-order valence-corrected chi connectivity index (χ3v) is 28.0. The van der Waals surface area contributed by atoms with Gasteiger partial charge in [-0.05, 0) is 248 Å². The van der Waals surface area contributed by atoms with Gasteiger partial charge in [0.15, 0.2) is 23.0 Å². The maximum atomic E-state index is 13.5. The number of H-pyrrole nitrogens is 2. The molecule has 95 heavy (non-hydrogen) atoms. The second kappa shape index (κ2) is 23.3. The molecule has 11 aliphatic rings. The lowest BCUT2D eigenvalue weighted by Gasteiger charge is -2.75. The molecule has 0 unspecified atom stereocenters. The number of ether oxygens (including phenoxy) is 1. The number of rotatable bonds is 12. The first-order valence-corrected chi connectivity index (χ1v) is 36.5. The summed E-state index contributed by atoms with van der Waals surface area (Å²) in [4.78, 5) is 13.4. The maximum absolute atomic E-state index is 13.5. The van der Waals surface area contributed by atoms with E-state index in [-0.39, 0.29) is 86.4 Å². The van der Waals surface area contributed by atoms with Crippen LogP contribution in [0.25, 0.3) is 22.9 Å². The first kappa shape index (κ1) is 60.3. The van der Waals surface area contributed by atoms with Gasteiger partial charge in [-0.2, -0.15) is 0 Å². The van der Waals surface area contributed by atoms with Crippen molar-refractivity contribution < 1.29 is 35.4 Å². The molecule has 3 saturated heterocycles. The molecule has 4 saturated carbocycles. The molecule has 18 rings (SSSR count). The average Bonchev–Trinajstić information content (AvgIpc) is 1.57. The number of nitrogens with zero attached hydrogens (tertiary/aromatic N) is 1. The number of imidazole rings is 1. The van der Waals surface area contributed by atoms with Crippen molar-refractivity contribution in [2.75, 3.05) is 26.3 Å². The Kier molecular flexibility index (Phi) is 14.8. The van der Waals surface area contributed by atoms with E-state index in [2.05, 4.69) is 99.6 Å². The highest BCUT2D eigenvalue weighted by Crippen LogP contribution is 2.81. The Morgan fingerprint density at radius 3 is 2.46 bits per heavy atom. The van der Waals surface area contributed by atoms with Gasteiger partial charge >= 0.3 is 0 Å². The summed E-state index contributed by atoms with van der Waals surface area (Å²) in [5, 5.41) is 82.6. The number of hydrogen-bond donors (Lipinski definition) is 11. The smallest absolute Gasteiger partial charge is 0.169 e. The lowest BCUT2D eigenvalue weighted by Crippen LogP contribution is -2.79. The minimum atomic E-state index is -0.565. The number of aromatic amines is 2. The highest BCUT2D eigenvalue weighted by molar-refractivity contribution is 6.03. The number of aliphatic hydroxyl groups excluding tert-OH is 1. The zero-order chi connectivity index (χ0) is 64.0. The largest absolute Gasteiger partial charge is 0.507 e. The van der Waals surface area contributed by atoms with Crippen LogP contribution in [0.2, 0.25) is 0 Å². The van der Waals surface area contributed by atoms with Gasteiger partial charge in [-0.25, -0.2) is 4.98 Å². The molecular weight excluding hydrogens is 1180 g/mol. The number of allylic oxidation sites excluding steroid dienone is 1. The molecule has 6 heterocycles. The molecule has 7 aromatic rings. The van der Waals surface area contributed by atoms with E-state index in [9.17, 15) is 30.6 Å². The van der Waals surface area contributed by atoms with E-state index in [0.717, 1.165) is 82.7 Å². The molecule has 4 aliphatic heterocycles. The van der Waals surface area contributed by atoms with Crippen LogP contribution >= 0.6 is 0 Å². The van der Waals surface area contributed by atoms with Crippen LogP contribution in [0.1, 0.15) is 163 Å². The molecule has 3 spiro atoms. The molecule has 2 aromatic heterocycles. The Balaban J connectivity index is 0.723. The number of piperidine rings is 2. The molecule has 17 atom stereocenters. The third-order valence-electron chi connectivity index (χ3n) is 28.0. The maximum Gasteiger partial charge on any atom is 0.169 e. The molecule has 13 nitrogen and oxygen atoms in total. The lowest BCUT2D eigenvalue weighted by molar-refractivity contribution is -0.229. The Morgan fingerprint density at radius 1 is 0.705 bits per heavy atom. The number of aliphatic hydroxyl groups is 1. The van der Waals surface area contributed by atoms with Crippen molar-refractivity contribution in [3.8, 4) is 28.7 Å². The monoisotopic (exact) mass is 1270 g/mol. The van der Waals surface area contributed by atoms with E-state index >= 15 is 0 Å². The highest BCUT2D eigenvalue weighted by atomic mass is 16.5. The van der Waals surface area contributed by atoms with Crippen LogP contribution in [0.4, 0.5) is 0 Å². The van der Waals surface area contributed by atoms with Crippen molar-refractivity contribution in [2.45, 2.75) is 170 Å². The number of aromatic nitrogens is 3. The van der Waals surface area contributed by atoms with Gasteiger partial charge in [-0.15, -0.1) is 0 Å². The van der Waals surface area contributed by atoms with Crippen LogP contribution < -0.4 is 16.0 Å². The molecule has 7 fully saturated rings. The van der Waals surface area contributed by atoms with E-state index in [4.69, 9.17) is 15.0 Å². The Morgan fingerprint density at radius 2 is 1.58 bits per heavy atom. The van der Waals surface area contributed by atoms with Gasteiger partial charge in [-0.3, -0.25) is 0 Å². The summed E-state index contributed by atoms with van der Waals surface area (Å²) in [5.41, 5.74) is 13.7. The van der Waals surface area contributed by atoms with Crippen molar-refractivity contribution in [3.63, 3.8) is 0 Å². The van der Waals surface area contributed by atoms with E-state index in [0.29, 0.717) is 64.5 Å². The molecule has 2 bridgehead atoms. The van der Waals surface area contributed by atoms with Crippen LogP contribution in [0.5, 0.6) is 28.7 Å². The summed E-state index contributed by atoms with van der Waals surface area (Å²) in [7, 11) is 0. The van der Waals surface area contributed by atoms with Crippen LogP contribution in [-0.4, -0.2) is 96.1 Å². The molecule has 7 aliphatic carbocycles. The first-order chi connectivity index (χ1) is 46.4. The van der Waals surface area contributed by atoms with Gasteiger partial charge in [0.2, 0.25) is 0 Å². The van der Waals surface area contributed by atoms with Crippen molar-refractivity contribution >= 4 is 22.9 Å². The van der Waals surface area contributed by atoms with Crippen LogP contribution in [0.15, 0.2) is 127 Å². The number of fused-ring (bicyclic) bond motifs is 8. The number of hydrogen-bond acceptors (Lipinski definition) is 11. The van der Waals surface area contributed by atoms with Crippen LogP contribution in [0, 0.1) is 57.7 Å². The molecule has 5 aromatic carbocycles. The molecular formula is C82H94N6O7. The fourth-order valence-electron chi connectivity index (χ4n) is 24.2. The Hall–Kier alpha value is -7.13. The Labute approximate surface area is 558 Å². The second-order valence-electron chi connectivity index (χ2n) is 31.7. The van der Waals surface area contributed by atoms with Crippen LogP contribution in [-0.2, 0) is 48.7 Å². The second-order valence-corrected chi connectivity index (χ2v) is 31.7. The van der Waals surface area contributed by atoms with E-state index in [1.807, 2.05) is 18.5 Å². The van der Waals surface area contributed by atoms with Gasteiger partial charge < -0.3 is 61.3 Å². The van der Waals surface area contributed by atoms with Gasteiger partial charge in [0, 0.05) is 84.3 Å². The standard InChI is InChI=1S/C82H94N6O7/c89-69-27-15-48(36-72(69)92)14-23-59-60-9-4-10-70(90)73(60)75(94)74(93)61(59)24-13-47-11-16-50(17-12-47)66-40-79(63-39-57-20-19-56-21-26-64-78(86-46-85-64)82(77(63)88-66)76-71(91)28-22-55-8-5-31-80(55,76)32-33-81(56,57)82)41-67-54(37-62(68(42-79)87-67)49-6-2-1-3-7-49)43-83-34-29-52-44-84-65-38-51-30-35-95-45-53(51)18-25-58(52)65/h1-4,6-7,9-12,14-17,22-23,27-28,36-37,44,46,51,53,55-57,62-63,66-68,71,76-77,83-84,87-94H,5,8,13,18-21,24-26,29-35,38-43,45H2,(H,85,86)/b23-14+/t51-,53-,55+,56+,57-,62+,63-,66+,67+,68-,71+,76+,77-,79+,80-,81-,82-/m1/s1. The number of aromatic hydroxyl groups is 5. The summed E-state index contributed by atoms with van der Waals surface area (Å²) in [6, 6.07) is 30.9. The van der Waals surface area contributed by atoms with Crippen molar-refractivity contribution in [3.05, 3.63) is 189 Å². The topological polar surface area (TPSA) is 211 Å². The number of nitrogens with one attached hydrogen (secondary N) is 5. The summed E-state index contributed by atoms with van der Waals surface area (Å²) in [6.07, 6.45) is 36.5. The van der Waals surface area contributed by atoms with Gasteiger partial charge in [-0.1, -0.05) is 110 Å². The fraction of sp³-hybridized carbons (Fsp3) is 0.500. The molecule has 0 amide bonds. The molecule has 0 radical (unpaired) electrons. The predicted octanol–water partition coefficient (Wildman–Crippen LogP) is 13.6. The molecule has 494 valence electrons. The highest BCUT2D eigenvalue weighted by Gasteiger charge is 2.81. The zero-order valence-electron chi connectivity index (χ0n) is 54.7. The quantitative estimate of drug-likeness (QED) is 0.0240.